The maximum Gasteiger partial charge on any atom is 0.229 e. The zero-order valence-corrected chi connectivity index (χ0v) is 112. The molecule has 88 heteroatoms. The Kier molecular flexibility index (Phi) is 120. The molecular formula is C12H14FNO2S84. The Labute approximate surface area is 819 Å². The van der Waals surface area contributed by atoms with Gasteiger partial charge in [0, 0.05) is 762 Å². The molecule has 3 nitrogen and oxygen atoms in total. The monoisotopic (exact) mass is 2910 g/mol. The third-order valence-corrected chi connectivity index (χ3v) is 184. The van der Waals surface area contributed by atoms with Crippen LogP contribution in [0.3, 0.4) is 0 Å². The van der Waals surface area contributed by atoms with Crippen LogP contribution in [0.4, 0.5) is 10.1 Å². The zero-order chi connectivity index (χ0) is 72.3. The molecule has 0 fully saturated rings. The van der Waals surface area contributed by atoms with Crippen LogP contribution in [0.25, 0.3) is 0 Å². The smallest absolute Gasteiger partial charge is 0.229 e. The lowest BCUT2D eigenvalue weighted by atomic mass is 9.95. The lowest BCUT2D eigenvalue weighted by Crippen LogP contribution is -2.28. The number of anilines is 1. The lowest BCUT2D eigenvalue weighted by molar-refractivity contribution is -0.123. The number of hydrogen-bond acceptors (Lipinski definition) is 4. The van der Waals surface area contributed by atoms with E-state index in [2.05, 4.69) is 5.32 Å². The van der Waals surface area contributed by atoms with Crippen molar-refractivity contribution in [2.24, 2.45) is 5.41 Å². The first-order chi connectivity index (χ1) is 49.3. The second kappa shape index (κ2) is 103. The second-order valence-electron chi connectivity index (χ2n) is 10.1. The molecule has 0 saturated carbocycles. The first-order valence-electron chi connectivity index (χ1n) is 18.7. The van der Waals surface area contributed by atoms with Crippen molar-refractivity contribution < 1.29 is 14.0 Å². The molecule has 0 bridgehead atoms. The minimum absolute atomic E-state index is 0.204. The van der Waals surface area contributed by atoms with Crippen molar-refractivity contribution in [1.82, 2.24) is 0 Å². The highest BCUT2D eigenvalue weighted by molar-refractivity contribution is 8.86. The molecule has 0 saturated heterocycles. The molecule has 0 radical (unpaired) electrons. The molecule has 0 aromatic heterocycles. The molecule has 0 aliphatic heterocycles. The van der Waals surface area contributed by atoms with E-state index in [0.717, 1.165) is 6.07 Å². The fourth-order valence-electron chi connectivity index (χ4n) is 1.96. The summed E-state index contributed by atoms with van der Waals surface area (Å²) in [4.78, 5) is 22.4. The molecule has 0 aliphatic carbocycles. The molecule has 100 heavy (non-hydrogen) atoms. The van der Waals surface area contributed by atoms with Gasteiger partial charge in [0.15, 0.2) is 6.29 Å². The fraction of sp³-hybridized carbons (Fsp3) is 0.333. The van der Waals surface area contributed by atoms with Crippen molar-refractivity contribution in [1.29, 1.82) is 0 Å². The predicted molar refractivity (Wildman–Crippen MR) is 679 cm³/mol. The van der Waals surface area contributed by atoms with E-state index in [1.54, 1.807) is 127 Å². The van der Waals surface area contributed by atoms with E-state index in [-0.39, 0.29) is 17.2 Å². The van der Waals surface area contributed by atoms with Gasteiger partial charge in [0.05, 0.1) is 5.69 Å². The number of hydrogen-bond donors (Lipinski definition) is 1. The summed E-state index contributed by atoms with van der Waals surface area (Å²) in [7, 11) is 148. The van der Waals surface area contributed by atoms with Crippen LogP contribution in [0.5, 0.6) is 0 Å². The number of aldehydes is 1. The summed E-state index contributed by atoms with van der Waals surface area (Å²) in [6.45, 7) is 5.21. The van der Waals surface area contributed by atoms with Gasteiger partial charge in [-0.3, -0.25) is 9.59 Å². The second-order valence-corrected chi connectivity index (χ2v) is 155. The molecule has 0 spiro atoms. The summed E-state index contributed by atoms with van der Waals surface area (Å²) in [5.74, 6) is -0.754. The van der Waals surface area contributed by atoms with Gasteiger partial charge in [0.2, 0.25) is 5.91 Å². The standard InChI is InChI=1S/C12H14FNO2.S84/c1-12(2,3)11(16)14-10-6-9(13)5-4-8(10)7-15;1-3-5-7-9-11-13-15-17-19-21-23-25-27-29-31-33-35-37-39-41-43-45-47-49-51-53-55-57-59-61-63-65-67-69-71-73-75-77-79-81-83-84-82-80-78-76-74-72-70-68-66-64-62-60-58-56-54-52-50-48-46-44-42-40-38-36-34-32-30-28-26-24-22-20-18-16-14-12-10-8-6-4-2/h4-7H,1-3H3,(H,14,16);. The number of benzene rings is 1. The molecule has 1 aromatic carbocycles. The van der Waals surface area contributed by atoms with Crippen LogP contribution < -0.4 is 5.32 Å². The molecule has 1 aromatic rings. The van der Waals surface area contributed by atoms with Crippen LogP contribution in [0.1, 0.15) is 31.1 Å². The molecule has 1 N–H and O–H groups in total. The van der Waals surface area contributed by atoms with Gasteiger partial charge in [-0.2, -0.15) is 0 Å². The molecule has 0 atom stereocenters. The summed E-state index contributed by atoms with van der Waals surface area (Å²) < 4.78 is 13.0. The number of rotatable bonds is 2. The van der Waals surface area contributed by atoms with E-state index in [0.29, 0.717) is 6.29 Å². The van der Waals surface area contributed by atoms with Crippen LogP contribution in [-0.4, -0.2) is 12.2 Å². The molecular weight excluding hydrogens is 2900 g/mol. The average Bonchev–Trinajstić information content (AvgIpc) is 0.861. The Morgan fingerprint density at radius 2 is 0.400 bits per heavy atom. The van der Waals surface area contributed by atoms with Crippen molar-refractivity contribution in [3.05, 3.63) is 29.6 Å². The molecule has 590 valence electrons. The number of nitrogens with one attached hydrogen (secondary N) is 1. The highest BCUT2D eigenvalue weighted by atomic mass is 33.6. The molecule has 0 heterocycles. The van der Waals surface area contributed by atoms with E-state index in [1.165, 1.54) is 29.9 Å². The highest BCUT2D eigenvalue weighted by Crippen LogP contribution is 2.20. The summed E-state index contributed by atoms with van der Waals surface area (Å²) in [6.07, 6.45) is 0.581. The topological polar surface area (TPSA) is 46.2 Å². The average molecular weight is 2920 g/mol. The summed E-state index contributed by atoms with van der Waals surface area (Å²) in [5, 5.41) is 2.53. The Morgan fingerprint density at radius 3 is 0.510 bits per heavy atom. The third kappa shape index (κ3) is 98.6. The van der Waals surface area contributed by atoms with Gasteiger partial charge in [-0.1, -0.05) is 20.8 Å². The molecule has 0 aliphatic rings. The largest absolute Gasteiger partial charge is 0.325 e. The van der Waals surface area contributed by atoms with Gasteiger partial charge in [-0.15, -0.1) is 0 Å². The molecule has 0 unspecified atom stereocenters. The predicted octanol–water partition coefficient (Wildman–Crippen LogP) is 2.42. The summed E-state index contributed by atoms with van der Waals surface area (Å²) >= 11 is 9.65. The van der Waals surface area contributed by atoms with Gasteiger partial charge in [0.25, 0.3) is 0 Å². The maximum atomic E-state index is 13.0. The number of carbonyl (C=O) groups excluding carboxylic acids is 2. The first-order valence-corrected chi connectivity index (χ1v) is 129. The van der Waals surface area contributed by atoms with Gasteiger partial charge in [0.1, 0.15) is 5.82 Å². The van der Waals surface area contributed by atoms with Crippen LogP contribution in [-0.2, 0) is 755 Å². The van der Waals surface area contributed by atoms with Gasteiger partial charge >= 0.3 is 0 Å². The third-order valence-electron chi connectivity index (χ3n) is 4.32. The quantitative estimate of drug-likeness (QED) is 0.464. The Balaban J connectivity index is 0.00000532. The van der Waals surface area contributed by atoms with Gasteiger partial charge < -0.3 is 5.32 Å². The Morgan fingerprint density at radius 1 is 0.270 bits per heavy atom. The van der Waals surface area contributed by atoms with Crippen molar-refractivity contribution in [3.8, 4) is 0 Å². The van der Waals surface area contributed by atoms with Crippen LogP contribution in [0, 0.1) is 11.2 Å². The Hall–Kier alpha value is 16.8. The van der Waals surface area contributed by atoms with E-state index in [4.69, 9.17) is 22.4 Å². The van der Waals surface area contributed by atoms with Gasteiger partial charge in [-0.25, -0.2) is 4.39 Å². The SMILES string of the molecule is CC(C)(C)C(=O)Nc1cc(F)ccc1C=O.S=S=S=S=S=S=S=S=S=S=S=S=S=S=S=S=S=S=S=S=S=S=S=S=S=S=S=S=S=S=S=S=S=S=S=S=S=S=S=S=S=S=S=S=S=S=S=S=S=S=S=S=S=S=S=S=S=S=S=S=S=S=S=S=S=S=S=S=S=S=S=S=S=S=S=S=S=S=S=S=S=S=S=S. The lowest BCUT2D eigenvalue weighted by Gasteiger charge is -2.18. The normalized spacial score (nSPS) is 8.36. The van der Waals surface area contributed by atoms with Crippen molar-refractivity contribution in [3.63, 3.8) is 0 Å². The number of amides is 1. The first kappa shape index (κ1) is 117. The Bertz CT molecular complexity index is 6950. The van der Waals surface area contributed by atoms with E-state index in [9.17, 15) is 14.0 Å². The van der Waals surface area contributed by atoms with E-state index in [1.807, 2.05) is 604 Å². The summed E-state index contributed by atoms with van der Waals surface area (Å²) in [5.41, 5.74) is -0.124. The van der Waals surface area contributed by atoms with Crippen LogP contribution in [0.15, 0.2) is 18.2 Å². The highest BCUT2D eigenvalue weighted by Gasteiger charge is 2.22. The molecule has 1 amide bonds. The van der Waals surface area contributed by atoms with E-state index >= 15 is 0 Å². The van der Waals surface area contributed by atoms with Crippen LogP contribution >= 0.6 is 0 Å². The van der Waals surface area contributed by atoms with E-state index < -0.39 is 11.2 Å². The zero-order valence-electron chi connectivity index (χ0n) is 43.8. The minimum Gasteiger partial charge on any atom is -0.325 e. The summed E-state index contributed by atoms with van der Waals surface area (Å²) in [6, 6.07) is 3.64. The van der Waals surface area contributed by atoms with Crippen molar-refractivity contribution >= 4 is 768 Å². The number of halogens is 1. The minimum atomic E-state index is -0.591. The van der Waals surface area contributed by atoms with Crippen molar-refractivity contribution in [2.45, 2.75) is 20.8 Å². The maximum absolute atomic E-state index is 13.0. The van der Waals surface area contributed by atoms with Gasteiger partial charge in [-0.05, 0) is 18.2 Å². The number of carbonyl (C=O) groups is 2. The molecule has 1 rings (SSSR count). The van der Waals surface area contributed by atoms with Crippen LogP contribution in [0.2, 0.25) is 0 Å². The fourth-order valence-corrected chi connectivity index (χ4v) is 222. The van der Waals surface area contributed by atoms with Crippen molar-refractivity contribution in [2.75, 3.05) is 5.32 Å².